The zero-order valence-electron chi connectivity index (χ0n) is 12.5. The van der Waals surface area contributed by atoms with Crippen LogP contribution in [-0.2, 0) is 9.53 Å². The summed E-state index contributed by atoms with van der Waals surface area (Å²) in [6.45, 7) is 5.80. The van der Waals surface area contributed by atoms with Crippen LogP contribution in [0.2, 0.25) is 0 Å². The van der Waals surface area contributed by atoms with Crippen molar-refractivity contribution in [2.24, 2.45) is 5.92 Å². The molecule has 1 amide bonds. The predicted molar refractivity (Wildman–Crippen MR) is 75.5 cm³/mol. The van der Waals surface area contributed by atoms with Gasteiger partial charge in [0, 0.05) is 30.9 Å². The first kappa shape index (κ1) is 15.4. The van der Waals surface area contributed by atoms with Gasteiger partial charge >= 0.3 is 6.09 Å². The van der Waals surface area contributed by atoms with Crippen LogP contribution in [0.1, 0.15) is 32.3 Å². The lowest BCUT2D eigenvalue weighted by Gasteiger charge is -2.24. The number of amides is 1. The fourth-order valence-electron chi connectivity index (χ4n) is 2.56. The van der Waals surface area contributed by atoms with Gasteiger partial charge in [0.2, 0.25) is 0 Å². The summed E-state index contributed by atoms with van der Waals surface area (Å²) < 4.78 is 5.31. The number of hydrogen-bond donors (Lipinski definition) is 0. The number of carbonyl (C=O) groups is 2. The summed E-state index contributed by atoms with van der Waals surface area (Å²) >= 11 is 0. The lowest BCUT2D eigenvalue weighted by Crippen LogP contribution is -2.38. The molecule has 2 atom stereocenters. The fourth-order valence-corrected chi connectivity index (χ4v) is 2.56. The van der Waals surface area contributed by atoms with E-state index in [1.165, 1.54) is 4.90 Å². The maximum Gasteiger partial charge on any atom is 0.410 e. The number of aliphatic carboxylic acids is 1. The summed E-state index contributed by atoms with van der Waals surface area (Å²) in [5, 5.41) is 11.3. The highest BCUT2D eigenvalue weighted by Crippen LogP contribution is 2.33. The van der Waals surface area contributed by atoms with Crippen LogP contribution in [0.5, 0.6) is 0 Å². The number of carbonyl (C=O) groups excluding carboxylic acids is 2. The summed E-state index contributed by atoms with van der Waals surface area (Å²) in [7, 11) is 0. The molecule has 1 aliphatic rings. The van der Waals surface area contributed by atoms with Crippen molar-refractivity contribution in [1.29, 1.82) is 0 Å². The van der Waals surface area contributed by atoms with Gasteiger partial charge in [-0.1, -0.05) is 30.3 Å². The van der Waals surface area contributed by atoms with Gasteiger partial charge in [0.1, 0.15) is 5.60 Å². The van der Waals surface area contributed by atoms with Crippen LogP contribution in [0.4, 0.5) is 4.79 Å². The zero-order chi connectivity index (χ0) is 15.6. The second-order valence-electron chi connectivity index (χ2n) is 6.33. The Labute approximate surface area is 124 Å². The third-order valence-electron chi connectivity index (χ3n) is 3.50. The van der Waals surface area contributed by atoms with Crippen LogP contribution in [0, 0.1) is 5.92 Å². The molecule has 1 aliphatic heterocycles. The lowest BCUT2D eigenvalue weighted by atomic mass is 9.89. The molecule has 0 aliphatic carbocycles. The van der Waals surface area contributed by atoms with E-state index in [0.29, 0.717) is 6.54 Å². The number of carboxylic acids is 1. The average molecular weight is 290 g/mol. The zero-order valence-corrected chi connectivity index (χ0v) is 12.5. The number of ether oxygens (including phenoxy) is 1. The third kappa shape index (κ3) is 3.74. The number of benzene rings is 1. The number of likely N-dealkylation sites (tertiary alicyclic amines) is 1. The Hall–Kier alpha value is -2.04. The topological polar surface area (TPSA) is 69.7 Å². The van der Waals surface area contributed by atoms with Gasteiger partial charge in [0.25, 0.3) is 0 Å². The molecule has 21 heavy (non-hydrogen) atoms. The molecule has 0 radical (unpaired) electrons. The highest BCUT2D eigenvalue weighted by molar-refractivity contribution is 5.74. The molecule has 1 fully saturated rings. The molecule has 0 saturated carbocycles. The summed E-state index contributed by atoms with van der Waals surface area (Å²) in [6.07, 6.45) is -0.479. The quantitative estimate of drug-likeness (QED) is 0.825. The van der Waals surface area contributed by atoms with Gasteiger partial charge in [0.05, 0.1) is 0 Å². The number of nitrogens with zero attached hydrogens (tertiary/aromatic N) is 1. The van der Waals surface area contributed by atoms with E-state index in [2.05, 4.69) is 0 Å². The summed E-state index contributed by atoms with van der Waals surface area (Å²) in [6, 6.07) is 9.34. The van der Waals surface area contributed by atoms with E-state index < -0.39 is 23.6 Å². The van der Waals surface area contributed by atoms with Crippen LogP contribution < -0.4 is 5.11 Å². The summed E-state index contributed by atoms with van der Waals surface area (Å²) in [4.78, 5) is 24.9. The molecule has 0 bridgehead atoms. The second kappa shape index (κ2) is 5.76. The second-order valence-corrected chi connectivity index (χ2v) is 6.33. The molecule has 1 saturated heterocycles. The van der Waals surface area contributed by atoms with Crippen molar-refractivity contribution in [1.82, 2.24) is 4.90 Å². The highest BCUT2D eigenvalue weighted by atomic mass is 16.6. The lowest BCUT2D eigenvalue weighted by molar-refractivity contribution is -0.311. The van der Waals surface area contributed by atoms with Gasteiger partial charge in [-0.3, -0.25) is 0 Å². The van der Waals surface area contributed by atoms with E-state index >= 15 is 0 Å². The van der Waals surface area contributed by atoms with Crippen LogP contribution in [0.25, 0.3) is 0 Å². The van der Waals surface area contributed by atoms with Gasteiger partial charge < -0.3 is 19.5 Å². The molecular formula is C16H20NO4-. The number of hydrogen-bond acceptors (Lipinski definition) is 4. The molecule has 1 heterocycles. The average Bonchev–Trinajstić information content (AvgIpc) is 2.83. The van der Waals surface area contributed by atoms with Crippen molar-refractivity contribution in [3.05, 3.63) is 35.9 Å². The van der Waals surface area contributed by atoms with Crippen molar-refractivity contribution in [3.8, 4) is 0 Å². The number of rotatable bonds is 2. The summed E-state index contributed by atoms with van der Waals surface area (Å²) in [5.74, 6) is -2.10. The van der Waals surface area contributed by atoms with Gasteiger partial charge in [0.15, 0.2) is 0 Å². The van der Waals surface area contributed by atoms with Crippen LogP contribution >= 0.6 is 0 Å². The first-order valence-electron chi connectivity index (χ1n) is 7.01. The Kier molecular flexibility index (Phi) is 4.21. The van der Waals surface area contributed by atoms with Gasteiger partial charge in [-0.2, -0.15) is 0 Å². The maximum atomic E-state index is 12.1. The van der Waals surface area contributed by atoms with Gasteiger partial charge in [-0.15, -0.1) is 0 Å². The van der Waals surface area contributed by atoms with Crippen molar-refractivity contribution in [2.75, 3.05) is 13.1 Å². The van der Waals surface area contributed by atoms with Crippen LogP contribution in [-0.4, -0.2) is 35.7 Å². The Morgan fingerprint density at radius 2 is 1.81 bits per heavy atom. The van der Waals surface area contributed by atoms with E-state index in [9.17, 15) is 14.7 Å². The first-order valence-corrected chi connectivity index (χ1v) is 7.01. The monoisotopic (exact) mass is 290 g/mol. The molecule has 2 rings (SSSR count). The molecular weight excluding hydrogens is 270 g/mol. The molecule has 0 aromatic heterocycles. The molecule has 0 unspecified atom stereocenters. The van der Waals surface area contributed by atoms with E-state index in [1.54, 1.807) is 20.8 Å². The van der Waals surface area contributed by atoms with E-state index in [-0.39, 0.29) is 12.5 Å². The number of carboxylic acid groups (broad SMARTS) is 1. The van der Waals surface area contributed by atoms with Crippen LogP contribution in [0.15, 0.2) is 30.3 Å². The minimum atomic E-state index is -1.13. The molecule has 1 aromatic rings. The Morgan fingerprint density at radius 1 is 1.19 bits per heavy atom. The Bertz CT molecular complexity index is 521. The van der Waals surface area contributed by atoms with Crippen molar-refractivity contribution < 1.29 is 19.4 Å². The minimum Gasteiger partial charge on any atom is -0.550 e. The van der Waals surface area contributed by atoms with E-state index in [1.807, 2.05) is 30.3 Å². The standard InChI is InChI=1S/C16H21NO4/c1-16(2,3)21-15(20)17-9-12(13(10-17)14(18)19)11-7-5-4-6-8-11/h4-8,12-13H,9-10H2,1-3H3,(H,18,19)/p-1/t12-,13+/m1/s1. The first-order chi connectivity index (χ1) is 9.78. The highest BCUT2D eigenvalue weighted by Gasteiger charge is 2.38. The Morgan fingerprint density at radius 3 is 2.33 bits per heavy atom. The molecule has 0 N–H and O–H groups in total. The van der Waals surface area contributed by atoms with Crippen molar-refractivity contribution in [2.45, 2.75) is 32.3 Å². The minimum absolute atomic E-state index is 0.122. The third-order valence-corrected chi connectivity index (χ3v) is 3.50. The van der Waals surface area contributed by atoms with Crippen LogP contribution in [0.3, 0.4) is 0 Å². The molecule has 5 nitrogen and oxygen atoms in total. The smallest absolute Gasteiger partial charge is 0.410 e. The molecule has 5 heteroatoms. The van der Waals surface area contributed by atoms with Gasteiger partial charge in [-0.25, -0.2) is 4.79 Å². The maximum absolute atomic E-state index is 12.1. The molecule has 1 aromatic carbocycles. The Balaban J connectivity index is 2.16. The van der Waals surface area contributed by atoms with Crippen molar-refractivity contribution >= 4 is 12.1 Å². The molecule has 0 spiro atoms. The summed E-state index contributed by atoms with van der Waals surface area (Å²) in [5.41, 5.74) is 0.302. The predicted octanol–water partition coefficient (Wildman–Crippen LogP) is 1.39. The van der Waals surface area contributed by atoms with Crippen molar-refractivity contribution in [3.63, 3.8) is 0 Å². The molecule has 114 valence electrons. The SMILES string of the molecule is CC(C)(C)OC(=O)N1C[C@H](C(=O)[O-])[C@@H](c2ccccc2)C1. The normalized spacial score (nSPS) is 22.1. The fraction of sp³-hybridized carbons (Fsp3) is 0.500. The van der Waals surface area contributed by atoms with Gasteiger partial charge in [-0.05, 0) is 26.3 Å². The van der Waals surface area contributed by atoms with E-state index in [0.717, 1.165) is 5.56 Å². The van der Waals surface area contributed by atoms with E-state index in [4.69, 9.17) is 4.74 Å². The largest absolute Gasteiger partial charge is 0.550 e.